The Morgan fingerprint density at radius 3 is 3.00 bits per heavy atom. The summed E-state index contributed by atoms with van der Waals surface area (Å²) >= 11 is 5.68. The number of hydrogen-bond acceptors (Lipinski definition) is 3. The van der Waals surface area contributed by atoms with Crippen LogP contribution in [0.3, 0.4) is 0 Å². The number of imidazole rings is 1. The van der Waals surface area contributed by atoms with Gasteiger partial charge in [0, 0.05) is 11.8 Å². The van der Waals surface area contributed by atoms with Crippen molar-refractivity contribution in [2.45, 2.75) is 6.92 Å². The predicted octanol–water partition coefficient (Wildman–Crippen LogP) is 1.27. The van der Waals surface area contributed by atoms with E-state index in [9.17, 15) is 0 Å². The van der Waals surface area contributed by atoms with E-state index in [1.54, 1.807) is 16.7 Å². The van der Waals surface area contributed by atoms with Crippen LogP contribution in [-0.4, -0.2) is 14.4 Å². The van der Waals surface area contributed by atoms with E-state index in [1.807, 2.05) is 6.92 Å². The summed E-state index contributed by atoms with van der Waals surface area (Å²) in [6, 6.07) is 1.77. The number of aryl methyl sites for hydroxylation is 1. The molecule has 0 bridgehead atoms. The molecule has 0 aliphatic heterocycles. The van der Waals surface area contributed by atoms with Gasteiger partial charge in [-0.05, 0) is 6.92 Å². The third-order valence-corrected chi connectivity index (χ3v) is 1.75. The summed E-state index contributed by atoms with van der Waals surface area (Å²) in [4.78, 5) is 8.12. The molecule has 0 atom stereocenters. The van der Waals surface area contributed by atoms with Crippen molar-refractivity contribution in [3.05, 3.63) is 23.1 Å². The van der Waals surface area contributed by atoms with Crippen molar-refractivity contribution in [3.63, 3.8) is 0 Å². The van der Waals surface area contributed by atoms with E-state index < -0.39 is 0 Å². The Kier molecular flexibility index (Phi) is 1.44. The molecule has 2 N–H and O–H groups in total. The average Bonchev–Trinajstić information content (AvgIpc) is 2.29. The van der Waals surface area contributed by atoms with Gasteiger partial charge in [0.2, 0.25) is 5.78 Å². The Balaban J connectivity index is 2.88. The van der Waals surface area contributed by atoms with Gasteiger partial charge in [0.15, 0.2) is 0 Å². The number of anilines is 1. The monoisotopic (exact) mass is 182 g/mol. The van der Waals surface area contributed by atoms with Crippen LogP contribution in [0.2, 0.25) is 5.15 Å². The number of nitrogen functional groups attached to an aromatic ring is 1. The molecule has 2 rings (SSSR count). The number of fused-ring (bicyclic) bond motifs is 1. The molecule has 2 aromatic rings. The smallest absolute Gasteiger partial charge is 0.237 e. The molecule has 0 saturated heterocycles. The van der Waals surface area contributed by atoms with Crippen molar-refractivity contribution in [1.82, 2.24) is 14.4 Å². The van der Waals surface area contributed by atoms with Gasteiger partial charge in [-0.15, -0.1) is 0 Å². The molecule has 0 aliphatic rings. The molecule has 0 aromatic carbocycles. The molecule has 2 aromatic heterocycles. The van der Waals surface area contributed by atoms with Crippen LogP contribution in [0.5, 0.6) is 0 Å². The maximum atomic E-state index is 5.69. The topological polar surface area (TPSA) is 56.2 Å². The number of halogens is 1. The lowest BCUT2D eigenvalue weighted by molar-refractivity contribution is 1.08. The van der Waals surface area contributed by atoms with E-state index in [0.717, 1.165) is 5.69 Å². The highest BCUT2D eigenvalue weighted by Crippen LogP contribution is 2.12. The van der Waals surface area contributed by atoms with Crippen molar-refractivity contribution >= 4 is 23.2 Å². The summed E-state index contributed by atoms with van der Waals surface area (Å²) < 4.78 is 1.65. The number of aromatic nitrogens is 3. The first-order chi connectivity index (χ1) is 5.66. The van der Waals surface area contributed by atoms with Crippen LogP contribution in [0.25, 0.3) is 5.78 Å². The standard InChI is InChI=1S/C7H7ClN4/c1-4-2-6(9)12-3-5(8)11-7(12)10-4/h2-3H,9H2,1H3. The van der Waals surface area contributed by atoms with E-state index in [4.69, 9.17) is 17.3 Å². The van der Waals surface area contributed by atoms with Gasteiger partial charge in [0.25, 0.3) is 0 Å². The minimum atomic E-state index is 0.403. The first-order valence-electron chi connectivity index (χ1n) is 3.44. The molecular weight excluding hydrogens is 176 g/mol. The Morgan fingerprint density at radius 2 is 2.25 bits per heavy atom. The predicted molar refractivity (Wildman–Crippen MR) is 47.1 cm³/mol. The second-order valence-electron chi connectivity index (χ2n) is 2.56. The Morgan fingerprint density at radius 1 is 1.50 bits per heavy atom. The largest absolute Gasteiger partial charge is 0.385 e. The zero-order valence-electron chi connectivity index (χ0n) is 6.45. The number of hydrogen-bond donors (Lipinski definition) is 1. The van der Waals surface area contributed by atoms with Crippen LogP contribution in [0.1, 0.15) is 5.69 Å². The first kappa shape index (κ1) is 7.36. The Labute approximate surface area is 74.0 Å². The second-order valence-corrected chi connectivity index (χ2v) is 2.94. The van der Waals surface area contributed by atoms with Crippen LogP contribution in [0.15, 0.2) is 12.3 Å². The number of nitrogens with two attached hydrogens (primary N) is 1. The van der Waals surface area contributed by atoms with Gasteiger partial charge in [-0.1, -0.05) is 11.6 Å². The summed E-state index contributed by atoms with van der Waals surface area (Å²) in [6.45, 7) is 1.86. The van der Waals surface area contributed by atoms with Gasteiger partial charge in [-0.3, -0.25) is 4.40 Å². The summed E-state index contributed by atoms with van der Waals surface area (Å²) in [5.74, 6) is 1.13. The molecule has 0 amide bonds. The normalized spacial score (nSPS) is 10.8. The van der Waals surface area contributed by atoms with Crippen LogP contribution in [-0.2, 0) is 0 Å². The van der Waals surface area contributed by atoms with Crippen LogP contribution in [0.4, 0.5) is 5.82 Å². The highest BCUT2D eigenvalue weighted by Gasteiger charge is 2.03. The molecular formula is C7H7ClN4. The lowest BCUT2D eigenvalue weighted by Crippen LogP contribution is -1.98. The van der Waals surface area contributed by atoms with Crippen molar-refractivity contribution in [2.75, 3.05) is 5.73 Å². The van der Waals surface area contributed by atoms with Crippen LogP contribution >= 0.6 is 11.6 Å². The van der Waals surface area contributed by atoms with E-state index in [-0.39, 0.29) is 0 Å². The third-order valence-electron chi connectivity index (χ3n) is 1.57. The second kappa shape index (κ2) is 2.35. The highest BCUT2D eigenvalue weighted by atomic mass is 35.5. The molecule has 62 valence electrons. The van der Waals surface area contributed by atoms with Gasteiger partial charge in [0.1, 0.15) is 11.0 Å². The summed E-state index contributed by atoms with van der Waals surface area (Å²) in [7, 11) is 0. The Hall–Kier alpha value is -1.29. The molecule has 0 radical (unpaired) electrons. The maximum absolute atomic E-state index is 5.69. The molecule has 2 heterocycles. The van der Waals surface area contributed by atoms with E-state index in [2.05, 4.69) is 9.97 Å². The fraction of sp³-hybridized carbons (Fsp3) is 0.143. The lowest BCUT2D eigenvalue weighted by atomic mass is 10.4. The maximum Gasteiger partial charge on any atom is 0.237 e. The van der Waals surface area contributed by atoms with E-state index in [0.29, 0.717) is 16.7 Å². The minimum absolute atomic E-state index is 0.403. The zero-order valence-corrected chi connectivity index (χ0v) is 7.21. The summed E-state index contributed by atoms with van der Waals surface area (Å²) in [5.41, 5.74) is 6.53. The summed E-state index contributed by atoms with van der Waals surface area (Å²) in [6.07, 6.45) is 1.64. The molecule has 0 spiro atoms. The van der Waals surface area contributed by atoms with Gasteiger partial charge < -0.3 is 5.73 Å². The zero-order chi connectivity index (χ0) is 8.72. The van der Waals surface area contributed by atoms with Crippen molar-refractivity contribution in [1.29, 1.82) is 0 Å². The SMILES string of the molecule is Cc1cc(N)n2cc(Cl)nc2n1. The third kappa shape index (κ3) is 1.00. The summed E-state index contributed by atoms with van der Waals surface area (Å²) in [5, 5.41) is 0.403. The quantitative estimate of drug-likeness (QED) is 0.668. The molecule has 0 saturated carbocycles. The van der Waals surface area contributed by atoms with Crippen LogP contribution in [0, 0.1) is 6.92 Å². The van der Waals surface area contributed by atoms with Crippen LogP contribution < -0.4 is 5.73 Å². The van der Waals surface area contributed by atoms with Gasteiger partial charge >= 0.3 is 0 Å². The lowest BCUT2D eigenvalue weighted by Gasteiger charge is -1.98. The average molecular weight is 183 g/mol. The molecule has 0 aliphatic carbocycles. The fourth-order valence-corrected chi connectivity index (χ4v) is 1.26. The fourth-order valence-electron chi connectivity index (χ4n) is 1.08. The molecule has 0 unspecified atom stereocenters. The first-order valence-corrected chi connectivity index (χ1v) is 3.82. The number of nitrogens with zero attached hydrogens (tertiary/aromatic N) is 3. The highest BCUT2D eigenvalue weighted by molar-refractivity contribution is 6.29. The minimum Gasteiger partial charge on any atom is -0.385 e. The number of rotatable bonds is 0. The van der Waals surface area contributed by atoms with E-state index in [1.165, 1.54) is 0 Å². The van der Waals surface area contributed by atoms with Gasteiger partial charge in [-0.25, -0.2) is 4.98 Å². The molecule has 12 heavy (non-hydrogen) atoms. The molecule has 5 heteroatoms. The molecule has 4 nitrogen and oxygen atoms in total. The van der Waals surface area contributed by atoms with Gasteiger partial charge in [0.05, 0.1) is 6.20 Å². The van der Waals surface area contributed by atoms with Crippen molar-refractivity contribution in [2.24, 2.45) is 0 Å². The van der Waals surface area contributed by atoms with Gasteiger partial charge in [-0.2, -0.15) is 4.98 Å². The van der Waals surface area contributed by atoms with Crippen molar-refractivity contribution < 1.29 is 0 Å². The molecule has 0 fully saturated rings. The van der Waals surface area contributed by atoms with Crippen molar-refractivity contribution in [3.8, 4) is 0 Å². The Bertz CT molecular complexity index is 434. The van der Waals surface area contributed by atoms with E-state index >= 15 is 0 Å².